The minimum atomic E-state index is -0.620. The summed E-state index contributed by atoms with van der Waals surface area (Å²) in [5.74, 6) is 0.395. The van der Waals surface area contributed by atoms with E-state index >= 15 is 0 Å². The highest BCUT2D eigenvalue weighted by molar-refractivity contribution is 6.09. The van der Waals surface area contributed by atoms with E-state index in [2.05, 4.69) is 0 Å². The van der Waals surface area contributed by atoms with E-state index in [1.807, 2.05) is 0 Å². The SMILES string of the molecule is COc1ccc(C(=O)c2c(C)n(C)c(=O)n(C)c2=O)cc1OC. The van der Waals surface area contributed by atoms with Crippen molar-refractivity contribution in [1.29, 1.82) is 0 Å². The topological polar surface area (TPSA) is 79.5 Å². The van der Waals surface area contributed by atoms with E-state index in [1.54, 1.807) is 19.1 Å². The number of nitrogens with zero attached hydrogens (tertiary/aromatic N) is 2. The Balaban J connectivity index is 2.67. The molecule has 0 spiro atoms. The van der Waals surface area contributed by atoms with Crippen LogP contribution in [0, 0.1) is 6.92 Å². The van der Waals surface area contributed by atoms with Crippen molar-refractivity contribution in [3.8, 4) is 11.5 Å². The van der Waals surface area contributed by atoms with E-state index in [0.717, 1.165) is 4.57 Å². The number of ketones is 1. The fraction of sp³-hybridized carbons (Fsp3) is 0.312. The quantitative estimate of drug-likeness (QED) is 0.773. The van der Waals surface area contributed by atoms with Crippen molar-refractivity contribution in [2.75, 3.05) is 14.2 Å². The molecule has 7 nitrogen and oxygen atoms in total. The molecule has 0 radical (unpaired) electrons. The Morgan fingerprint density at radius 1 is 1.00 bits per heavy atom. The summed E-state index contributed by atoms with van der Waals surface area (Å²) in [6.07, 6.45) is 0. The molecule has 0 aliphatic heterocycles. The number of methoxy groups -OCH3 is 2. The third-order valence-electron chi connectivity index (χ3n) is 3.83. The van der Waals surface area contributed by atoms with Gasteiger partial charge in [-0.05, 0) is 25.1 Å². The summed E-state index contributed by atoms with van der Waals surface area (Å²) >= 11 is 0. The average Bonchev–Trinajstić information content (AvgIpc) is 2.57. The van der Waals surface area contributed by atoms with Gasteiger partial charge in [0, 0.05) is 25.4 Å². The lowest BCUT2D eigenvalue weighted by molar-refractivity contribution is 0.103. The zero-order valence-electron chi connectivity index (χ0n) is 13.7. The molecule has 0 aliphatic rings. The maximum atomic E-state index is 12.7. The number of aromatic nitrogens is 2. The van der Waals surface area contributed by atoms with Crippen LogP contribution in [0.2, 0.25) is 0 Å². The van der Waals surface area contributed by atoms with Crippen molar-refractivity contribution < 1.29 is 14.3 Å². The first kappa shape index (κ1) is 16.5. The van der Waals surface area contributed by atoms with E-state index in [4.69, 9.17) is 9.47 Å². The van der Waals surface area contributed by atoms with Crippen molar-refractivity contribution in [1.82, 2.24) is 9.13 Å². The molecule has 122 valence electrons. The Kier molecular flexibility index (Phi) is 4.40. The molecule has 0 bridgehead atoms. The summed E-state index contributed by atoms with van der Waals surface area (Å²) in [5, 5.41) is 0. The van der Waals surface area contributed by atoms with Gasteiger partial charge in [-0.15, -0.1) is 0 Å². The maximum Gasteiger partial charge on any atom is 0.330 e. The zero-order valence-corrected chi connectivity index (χ0v) is 13.7. The van der Waals surface area contributed by atoms with Crippen LogP contribution in [0.4, 0.5) is 0 Å². The maximum absolute atomic E-state index is 12.7. The van der Waals surface area contributed by atoms with Crippen LogP contribution in [-0.2, 0) is 14.1 Å². The molecule has 0 amide bonds. The lowest BCUT2D eigenvalue weighted by Gasteiger charge is -2.12. The Morgan fingerprint density at radius 3 is 2.17 bits per heavy atom. The summed E-state index contributed by atoms with van der Waals surface area (Å²) < 4.78 is 12.5. The van der Waals surface area contributed by atoms with Gasteiger partial charge in [0.2, 0.25) is 0 Å². The number of hydrogen-bond donors (Lipinski definition) is 0. The molecule has 0 unspecified atom stereocenters. The van der Waals surface area contributed by atoms with E-state index < -0.39 is 17.0 Å². The third kappa shape index (κ3) is 2.65. The highest BCUT2D eigenvalue weighted by Gasteiger charge is 2.21. The summed E-state index contributed by atoms with van der Waals surface area (Å²) in [6.45, 7) is 1.57. The van der Waals surface area contributed by atoms with Gasteiger partial charge in [0.15, 0.2) is 17.3 Å². The third-order valence-corrected chi connectivity index (χ3v) is 3.83. The predicted molar refractivity (Wildman–Crippen MR) is 84.6 cm³/mol. The van der Waals surface area contributed by atoms with Gasteiger partial charge < -0.3 is 14.0 Å². The molecule has 7 heteroatoms. The number of hydrogen-bond acceptors (Lipinski definition) is 5. The van der Waals surface area contributed by atoms with Crippen LogP contribution < -0.4 is 20.7 Å². The van der Waals surface area contributed by atoms with Crippen LogP contribution in [0.15, 0.2) is 27.8 Å². The largest absolute Gasteiger partial charge is 0.493 e. The Hall–Kier alpha value is -2.83. The average molecular weight is 318 g/mol. The molecule has 1 aromatic carbocycles. The minimum absolute atomic E-state index is 0.0400. The van der Waals surface area contributed by atoms with E-state index in [9.17, 15) is 14.4 Å². The molecule has 0 N–H and O–H groups in total. The van der Waals surface area contributed by atoms with Crippen molar-refractivity contribution >= 4 is 5.78 Å². The van der Waals surface area contributed by atoms with E-state index in [0.29, 0.717) is 17.2 Å². The Morgan fingerprint density at radius 2 is 1.61 bits per heavy atom. The summed E-state index contributed by atoms with van der Waals surface area (Å²) in [4.78, 5) is 37.0. The number of carbonyl (C=O) groups excluding carboxylic acids is 1. The number of benzene rings is 1. The van der Waals surface area contributed by atoms with Crippen LogP contribution in [0.1, 0.15) is 21.6 Å². The molecule has 1 aromatic heterocycles. The smallest absolute Gasteiger partial charge is 0.330 e. The molecular weight excluding hydrogens is 300 g/mol. The Bertz CT molecular complexity index is 893. The lowest BCUT2D eigenvalue weighted by Crippen LogP contribution is -2.41. The second-order valence-corrected chi connectivity index (χ2v) is 5.07. The molecule has 0 aliphatic carbocycles. The minimum Gasteiger partial charge on any atom is -0.493 e. The van der Waals surface area contributed by atoms with Crippen LogP contribution in [0.5, 0.6) is 11.5 Å². The summed E-state index contributed by atoms with van der Waals surface area (Å²) in [7, 11) is 5.81. The van der Waals surface area contributed by atoms with Crippen LogP contribution in [0.25, 0.3) is 0 Å². The summed E-state index contributed by atoms with van der Waals surface area (Å²) in [5.41, 5.74) is -0.539. The van der Waals surface area contributed by atoms with Crippen molar-refractivity contribution in [2.24, 2.45) is 14.1 Å². The number of rotatable bonds is 4. The molecule has 2 rings (SSSR count). The monoisotopic (exact) mass is 318 g/mol. The van der Waals surface area contributed by atoms with Gasteiger partial charge in [-0.1, -0.05) is 0 Å². The second kappa shape index (κ2) is 6.12. The Labute approximate surface area is 132 Å². The van der Waals surface area contributed by atoms with Gasteiger partial charge in [0.1, 0.15) is 5.56 Å². The van der Waals surface area contributed by atoms with E-state index in [1.165, 1.54) is 38.9 Å². The first-order chi connectivity index (χ1) is 10.8. The lowest BCUT2D eigenvalue weighted by atomic mass is 10.0. The van der Waals surface area contributed by atoms with Gasteiger partial charge in [0.25, 0.3) is 5.56 Å². The molecule has 0 saturated heterocycles. The summed E-state index contributed by atoms with van der Waals surface area (Å²) in [6, 6.07) is 4.65. The number of ether oxygens (including phenoxy) is 2. The van der Waals surface area contributed by atoms with Crippen LogP contribution >= 0.6 is 0 Å². The fourth-order valence-corrected chi connectivity index (χ4v) is 2.33. The first-order valence-corrected chi connectivity index (χ1v) is 6.86. The second-order valence-electron chi connectivity index (χ2n) is 5.07. The van der Waals surface area contributed by atoms with Gasteiger partial charge in [0.05, 0.1) is 14.2 Å². The van der Waals surface area contributed by atoms with E-state index in [-0.39, 0.29) is 11.1 Å². The predicted octanol–water partition coefficient (Wildman–Crippen LogP) is 0.641. The standard InChI is InChI=1S/C16H18N2O5/c1-9-13(15(20)18(3)16(21)17(9)2)14(19)10-6-7-11(22-4)12(8-10)23-5/h6-8H,1-5H3. The molecule has 0 fully saturated rings. The van der Waals surface area contributed by atoms with Gasteiger partial charge >= 0.3 is 5.69 Å². The first-order valence-electron chi connectivity index (χ1n) is 6.86. The molecule has 0 atom stereocenters. The van der Waals surface area contributed by atoms with Gasteiger partial charge in [-0.3, -0.25) is 14.2 Å². The molecule has 23 heavy (non-hydrogen) atoms. The van der Waals surface area contributed by atoms with Crippen molar-refractivity contribution in [3.63, 3.8) is 0 Å². The van der Waals surface area contributed by atoms with Gasteiger partial charge in [-0.2, -0.15) is 0 Å². The normalized spacial score (nSPS) is 10.5. The van der Waals surface area contributed by atoms with Gasteiger partial charge in [-0.25, -0.2) is 4.79 Å². The highest BCUT2D eigenvalue weighted by Crippen LogP contribution is 2.28. The highest BCUT2D eigenvalue weighted by atomic mass is 16.5. The van der Waals surface area contributed by atoms with Crippen LogP contribution in [-0.4, -0.2) is 29.1 Å². The molecular formula is C16H18N2O5. The number of carbonyl (C=O) groups is 1. The van der Waals surface area contributed by atoms with Crippen LogP contribution in [0.3, 0.4) is 0 Å². The molecule has 1 heterocycles. The molecule has 0 saturated carbocycles. The van der Waals surface area contributed by atoms with Crippen molar-refractivity contribution in [3.05, 3.63) is 55.9 Å². The zero-order chi connectivity index (χ0) is 17.3. The van der Waals surface area contributed by atoms with Crippen molar-refractivity contribution in [2.45, 2.75) is 6.92 Å². The molecule has 2 aromatic rings. The fourth-order valence-electron chi connectivity index (χ4n) is 2.33.